The lowest BCUT2D eigenvalue weighted by Crippen LogP contribution is -2.29. The second-order valence-electron chi connectivity index (χ2n) is 4.67. The van der Waals surface area contributed by atoms with Gasteiger partial charge in [-0.2, -0.15) is 0 Å². The van der Waals surface area contributed by atoms with Crippen LogP contribution in [-0.4, -0.2) is 14.7 Å². The first-order chi connectivity index (χ1) is 5.17. The molecule has 12 heavy (non-hydrogen) atoms. The zero-order valence-corrected chi connectivity index (χ0v) is 9.62. The van der Waals surface area contributed by atoms with E-state index in [-0.39, 0.29) is 4.75 Å². The van der Waals surface area contributed by atoms with Crippen molar-refractivity contribution in [3.8, 4) is 0 Å². The third-order valence-electron chi connectivity index (χ3n) is 1.97. The van der Waals surface area contributed by atoms with Crippen LogP contribution >= 0.6 is 0 Å². The molecule has 0 saturated heterocycles. The van der Waals surface area contributed by atoms with E-state index in [9.17, 15) is 4.21 Å². The molecule has 0 saturated carbocycles. The first kappa shape index (κ1) is 11.9. The molecule has 0 radical (unpaired) electrons. The fraction of sp³-hybridized carbons (Fsp3) is 1.00. The van der Waals surface area contributed by atoms with Crippen molar-refractivity contribution in [3.63, 3.8) is 0 Å². The SMILES string of the molecule is CC(C)CC[S@@](=N)(=O)C(C)(C)C. The van der Waals surface area contributed by atoms with E-state index in [0.717, 1.165) is 6.42 Å². The van der Waals surface area contributed by atoms with E-state index in [1.165, 1.54) is 0 Å². The van der Waals surface area contributed by atoms with Crippen LogP contribution in [0, 0.1) is 10.7 Å². The molecule has 0 bridgehead atoms. The molecule has 0 fully saturated rings. The summed E-state index contributed by atoms with van der Waals surface area (Å²) in [6.45, 7) is 9.82. The van der Waals surface area contributed by atoms with Gasteiger partial charge in [0.05, 0.1) is 0 Å². The molecular formula is C9H21NOS. The molecule has 0 unspecified atom stereocenters. The van der Waals surface area contributed by atoms with E-state index < -0.39 is 9.73 Å². The van der Waals surface area contributed by atoms with Crippen LogP contribution < -0.4 is 0 Å². The van der Waals surface area contributed by atoms with Gasteiger partial charge in [-0.1, -0.05) is 13.8 Å². The van der Waals surface area contributed by atoms with Crippen LogP contribution in [0.5, 0.6) is 0 Å². The van der Waals surface area contributed by atoms with Gasteiger partial charge >= 0.3 is 0 Å². The highest BCUT2D eigenvalue weighted by atomic mass is 32.2. The number of hydrogen-bond donors (Lipinski definition) is 1. The summed E-state index contributed by atoms with van der Waals surface area (Å²) in [5, 5.41) is 0. The number of hydrogen-bond acceptors (Lipinski definition) is 2. The molecule has 74 valence electrons. The van der Waals surface area contributed by atoms with Gasteiger partial charge in [-0.15, -0.1) is 0 Å². The van der Waals surface area contributed by atoms with E-state index >= 15 is 0 Å². The van der Waals surface area contributed by atoms with Crippen LogP contribution in [0.4, 0.5) is 0 Å². The fourth-order valence-corrected chi connectivity index (χ4v) is 2.12. The van der Waals surface area contributed by atoms with Crippen molar-refractivity contribution in [2.24, 2.45) is 5.92 Å². The van der Waals surface area contributed by atoms with Gasteiger partial charge in [-0.05, 0) is 33.1 Å². The van der Waals surface area contributed by atoms with Crippen molar-refractivity contribution in [2.75, 3.05) is 5.75 Å². The van der Waals surface area contributed by atoms with E-state index in [4.69, 9.17) is 4.78 Å². The highest BCUT2D eigenvalue weighted by Gasteiger charge is 2.24. The Labute approximate surface area is 76.7 Å². The average Bonchev–Trinajstić information content (AvgIpc) is 1.81. The highest BCUT2D eigenvalue weighted by molar-refractivity contribution is 7.93. The Bertz CT molecular complexity index is 221. The molecule has 0 aliphatic carbocycles. The van der Waals surface area contributed by atoms with Crippen molar-refractivity contribution in [3.05, 3.63) is 0 Å². The van der Waals surface area contributed by atoms with Gasteiger partial charge in [0.1, 0.15) is 0 Å². The van der Waals surface area contributed by atoms with Gasteiger partial charge in [-0.25, -0.2) is 4.21 Å². The summed E-state index contributed by atoms with van der Waals surface area (Å²) in [4.78, 5) is 0. The summed E-state index contributed by atoms with van der Waals surface area (Å²) in [7, 11) is -2.39. The van der Waals surface area contributed by atoms with Gasteiger partial charge in [0.15, 0.2) is 0 Å². The Balaban J connectivity index is 4.27. The van der Waals surface area contributed by atoms with Gasteiger partial charge in [0.2, 0.25) is 0 Å². The fourth-order valence-electron chi connectivity index (χ4n) is 0.708. The second-order valence-corrected chi connectivity index (χ2v) is 7.66. The van der Waals surface area contributed by atoms with E-state index in [1.54, 1.807) is 0 Å². The van der Waals surface area contributed by atoms with Crippen LogP contribution in [0.15, 0.2) is 0 Å². The quantitative estimate of drug-likeness (QED) is 0.732. The number of nitrogens with one attached hydrogen (secondary N) is 1. The second kappa shape index (κ2) is 3.77. The molecule has 2 nitrogen and oxygen atoms in total. The standard InChI is InChI=1S/C9H21NOS/c1-8(2)6-7-12(10,11)9(3,4)5/h8,10H,6-7H2,1-5H3/t12-/m1/s1. The maximum Gasteiger partial charge on any atom is 0.0491 e. The molecule has 0 heterocycles. The predicted octanol–water partition coefficient (Wildman–Crippen LogP) is 2.88. The van der Waals surface area contributed by atoms with Crippen molar-refractivity contribution >= 4 is 9.73 Å². The third-order valence-corrected chi connectivity index (χ3v) is 4.76. The Kier molecular flexibility index (Phi) is 3.76. The lowest BCUT2D eigenvalue weighted by Gasteiger charge is -2.22. The molecule has 0 aromatic heterocycles. The minimum absolute atomic E-state index is 0.373. The lowest BCUT2D eigenvalue weighted by atomic mass is 10.2. The van der Waals surface area contributed by atoms with Gasteiger partial charge < -0.3 is 0 Å². The van der Waals surface area contributed by atoms with Crippen molar-refractivity contribution in [2.45, 2.75) is 45.8 Å². The molecule has 0 amide bonds. The minimum Gasteiger partial charge on any atom is -0.252 e. The monoisotopic (exact) mass is 191 g/mol. The summed E-state index contributed by atoms with van der Waals surface area (Å²) in [6, 6.07) is 0. The van der Waals surface area contributed by atoms with Crippen LogP contribution in [0.2, 0.25) is 0 Å². The summed E-state index contributed by atoms with van der Waals surface area (Å²) in [5.41, 5.74) is 0. The largest absolute Gasteiger partial charge is 0.252 e. The van der Waals surface area contributed by atoms with E-state index in [0.29, 0.717) is 11.7 Å². The van der Waals surface area contributed by atoms with Gasteiger partial charge in [0.25, 0.3) is 0 Å². The van der Waals surface area contributed by atoms with Crippen LogP contribution in [0.3, 0.4) is 0 Å². The lowest BCUT2D eigenvalue weighted by molar-refractivity contribution is 0.599. The average molecular weight is 191 g/mol. The molecule has 0 rings (SSSR count). The Morgan fingerprint density at radius 2 is 1.75 bits per heavy atom. The van der Waals surface area contributed by atoms with E-state index in [1.807, 2.05) is 20.8 Å². The molecule has 3 heteroatoms. The summed E-state index contributed by atoms with van der Waals surface area (Å²) >= 11 is 0. The molecule has 0 aliphatic heterocycles. The number of rotatable bonds is 3. The van der Waals surface area contributed by atoms with Crippen molar-refractivity contribution in [1.82, 2.24) is 0 Å². The van der Waals surface area contributed by atoms with Crippen molar-refractivity contribution < 1.29 is 4.21 Å². The first-order valence-corrected chi connectivity index (χ1v) is 6.15. The Morgan fingerprint density at radius 3 is 2.00 bits per heavy atom. The normalized spacial score (nSPS) is 17.8. The molecule has 1 atom stereocenters. The molecule has 0 spiro atoms. The summed E-state index contributed by atoms with van der Waals surface area (Å²) in [6.07, 6.45) is 0.888. The molecule has 1 N–H and O–H groups in total. The maximum absolute atomic E-state index is 11.8. The first-order valence-electron chi connectivity index (χ1n) is 4.43. The van der Waals surface area contributed by atoms with Crippen molar-refractivity contribution in [1.29, 1.82) is 4.78 Å². The van der Waals surface area contributed by atoms with Crippen LogP contribution in [-0.2, 0) is 9.73 Å². The maximum atomic E-state index is 11.8. The third kappa shape index (κ3) is 3.57. The topological polar surface area (TPSA) is 40.9 Å². The molecule has 0 aromatic carbocycles. The summed E-state index contributed by atoms with van der Waals surface area (Å²) in [5.74, 6) is 1.08. The molecule has 0 aliphatic rings. The Morgan fingerprint density at radius 1 is 1.33 bits per heavy atom. The highest BCUT2D eigenvalue weighted by Crippen LogP contribution is 2.19. The Hall–Kier alpha value is -0.0500. The zero-order chi connectivity index (χ0) is 9.99. The van der Waals surface area contributed by atoms with Gasteiger partial charge in [-0.3, -0.25) is 4.78 Å². The van der Waals surface area contributed by atoms with E-state index in [2.05, 4.69) is 13.8 Å². The predicted molar refractivity (Wildman–Crippen MR) is 54.9 cm³/mol. The molecular weight excluding hydrogens is 170 g/mol. The summed E-state index contributed by atoms with van der Waals surface area (Å²) < 4.78 is 19.1. The van der Waals surface area contributed by atoms with Crippen LogP contribution in [0.25, 0.3) is 0 Å². The smallest absolute Gasteiger partial charge is 0.0491 e. The van der Waals surface area contributed by atoms with Gasteiger partial charge in [0, 0.05) is 20.2 Å². The molecule has 0 aromatic rings. The minimum atomic E-state index is -2.39. The van der Waals surface area contributed by atoms with Crippen LogP contribution in [0.1, 0.15) is 41.0 Å². The zero-order valence-electron chi connectivity index (χ0n) is 8.81.